The Bertz CT molecular complexity index is 656. The van der Waals surface area contributed by atoms with Gasteiger partial charge in [0.15, 0.2) is 5.78 Å². The van der Waals surface area contributed by atoms with Gasteiger partial charge in [0.25, 0.3) is 0 Å². The van der Waals surface area contributed by atoms with Crippen LogP contribution in [0.15, 0.2) is 54.6 Å². The molecule has 0 amide bonds. The molecule has 0 saturated heterocycles. The van der Waals surface area contributed by atoms with E-state index in [1.807, 2.05) is 61.5 Å². The smallest absolute Gasteiger partial charge is 0.185 e. The summed E-state index contributed by atoms with van der Waals surface area (Å²) in [6, 6.07) is 15.5. The van der Waals surface area contributed by atoms with Gasteiger partial charge in [0.05, 0.1) is 0 Å². The fourth-order valence-corrected chi connectivity index (χ4v) is 2.41. The van der Waals surface area contributed by atoms with Gasteiger partial charge in [-0.25, -0.2) is 0 Å². The zero-order valence-corrected chi connectivity index (χ0v) is 11.4. The molecule has 0 aromatic heterocycles. The second-order valence-corrected chi connectivity index (χ2v) is 5.06. The normalized spacial score (nSPS) is 16.9. The van der Waals surface area contributed by atoms with E-state index in [-0.39, 0.29) is 11.9 Å². The highest BCUT2D eigenvalue weighted by Crippen LogP contribution is 2.29. The van der Waals surface area contributed by atoms with Crippen LogP contribution in [0.4, 0.5) is 0 Å². The maximum atomic E-state index is 12.2. The van der Waals surface area contributed by atoms with Crippen molar-refractivity contribution in [3.63, 3.8) is 0 Å². The summed E-state index contributed by atoms with van der Waals surface area (Å²) in [5, 5.41) is 0. The van der Waals surface area contributed by atoms with E-state index in [9.17, 15) is 4.79 Å². The minimum atomic E-state index is 0.0243. The molecule has 0 bridgehead atoms. The third-order valence-electron chi connectivity index (χ3n) is 3.41. The standard InChI is InChI=1S/C18H16O2/c1-13-11-16-12-15(8-10-18(16)20-13)17(19)9-7-14-5-3-2-4-6-14/h2-10,12-13H,11H2,1H3/b9-7+. The van der Waals surface area contributed by atoms with E-state index in [0.717, 1.165) is 23.3 Å². The lowest BCUT2D eigenvalue weighted by Gasteiger charge is -2.02. The second-order valence-electron chi connectivity index (χ2n) is 5.06. The number of fused-ring (bicyclic) bond motifs is 1. The van der Waals surface area contributed by atoms with Crippen molar-refractivity contribution < 1.29 is 9.53 Å². The Kier molecular flexibility index (Phi) is 3.38. The molecule has 0 aliphatic carbocycles. The molecule has 0 saturated carbocycles. The molecule has 0 radical (unpaired) electrons. The number of hydrogen-bond acceptors (Lipinski definition) is 2. The van der Waals surface area contributed by atoms with Crippen LogP contribution >= 0.6 is 0 Å². The van der Waals surface area contributed by atoms with Gasteiger partial charge in [-0.1, -0.05) is 36.4 Å². The highest BCUT2D eigenvalue weighted by atomic mass is 16.5. The molecule has 2 heteroatoms. The number of benzene rings is 2. The lowest BCUT2D eigenvalue weighted by molar-refractivity contribution is 0.104. The molecule has 2 aromatic rings. The third-order valence-corrected chi connectivity index (χ3v) is 3.41. The van der Waals surface area contributed by atoms with Crippen molar-refractivity contribution >= 4 is 11.9 Å². The largest absolute Gasteiger partial charge is 0.490 e. The van der Waals surface area contributed by atoms with Gasteiger partial charge < -0.3 is 4.74 Å². The average Bonchev–Trinajstić information content (AvgIpc) is 2.85. The molecule has 1 aliphatic rings. The van der Waals surface area contributed by atoms with Gasteiger partial charge >= 0.3 is 0 Å². The summed E-state index contributed by atoms with van der Waals surface area (Å²) in [6.07, 6.45) is 4.54. The van der Waals surface area contributed by atoms with Crippen LogP contribution in [0, 0.1) is 0 Å². The van der Waals surface area contributed by atoms with Crippen LogP contribution in [0.25, 0.3) is 6.08 Å². The molecule has 2 aromatic carbocycles. The molecule has 0 fully saturated rings. The Balaban J connectivity index is 1.78. The molecular weight excluding hydrogens is 248 g/mol. The van der Waals surface area contributed by atoms with E-state index in [4.69, 9.17) is 4.74 Å². The molecular formula is C18H16O2. The lowest BCUT2D eigenvalue weighted by atomic mass is 10.0. The fraction of sp³-hybridized carbons (Fsp3) is 0.167. The summed E-state index contributed by atoms with van der Waals surface area (Å²) >= 11 is 0. The molecule has 1 heterocycles. The van der Waals surface area contributed by atoms with Crippen molar-refractivity contribution in [2.75, 3.05) is 0 Å². The summed E-state index contributed by atoms with van der Waals surface area (Å²) < 4.78 is 5.64. The first-order chi connectivity index (χ1) is 9.72. The Morgan fingerprint density at radius 2 is 2.00 bits per heavy atom. The van der Waals surface area contributed by atoms with Gasteiger partial charge in [-0.15, -0.1) is 0 Å². The number of ether oxygens (including phenoxy) is 1. The molecule has 0 spiro atoms. The summed E-state index contributed by atoms with van der Waals surface area (Å²) in [5.41, 5.74) is 2.86. The molecule has 1 unspecified atom stereocenters. The van der Waals surface area contributed by atoms with E-state index >= 15 is 0 Å². The van der Waals surface area contributed by atoms with Gasteiger partial charge in [0.1, 0.15) is 11.9 Å². The molecule has 0 N–H and O–H groups in total. The number of hydrogen-bond donors (Lipinski definition) is 0. The van der Waals surface area contributed by atoms with Crippen molar-refractivity contribution in [3.05, 3.63) is 71.3 Å². The Morgan fingerprint density at radius 3 is 2.80 bits per heavy atom. The maximum absolute atomic E-state index is 12.2. The van der Waals surface area contributed by atoms with Crippen LogP contribution in [-0.4, -0.2) is 11.9 Å². The van der Waals surface area contributed by atoms with Crippen molar-refractivity contribution in [1.29, 1.82) is 0 Å². The van der Waals surface area contributed by atoms with Crippen molar-refractivity contribution in [2.24, 2.45) is 0 Å². The quantitative estimate of drug-likeness (QED) is 0.620. The van der Waals surface area contributed by atoms with Gasteiger partial charge in [-0.05, 0) is 42.3 Å². The van der Waals surface area contributed by atoms with E-state index in [2.05, 4.69) is 0 Å². The summed E-state index contributed by atoms with van der Waals surface area (Å²) in [7, 11) is 0. The predicted molar refractivity (Wildman–Crippen MR) is 80.0 cm³/mol. The third kappa shape index (κ3) is 2.64. The first kappa shape index (κ1) is 12.7. The van der Waals surface area contributed by atoms with E-state index in [1.165, 1.54) is 0 Å². The SMILES string of the molecule is CC1Cc2cc(C(=O)/C=C/c3ccccc3)ccc2O1. The Hall–Kier alpha value is -2.35. The van der Waals surface area contributed by atoms with Crippen LogP contribution in [0.3, 0.4) is 0 Å². The van der Waals surface area contributed by atoms with Crippen molar-refractivity contribution in [2.45, 2.75) is 19.4 Å². The number of ketones is 1. The first-order valence-corrected chi connectivity index (χ1v) is 6.79. The zero-order chi connectivity index (χ0) is 13.9. The molecule has 1 aliphatic heterocycles. The monoisotopic (exact) mass is 264 g/mol. The van der Waals surface area contributed by atoms with Crippen molar-refractivity contribution in [1.82, 2.24) is 0 Å². The van der Waals surface area contributed by atoms with Gasteiger partial charge in [0, 0.05) is 12.0 Å². The van der Waals surface area contributed by atoms with E-state index < -0.39 is 0 Å². The van der Waals surface area contributed by atoms with Crippen LogP contribution in [0.1, 0.15) is 28.4 Å². The zero-order valence-electron chi connectivity index (χ0n) is 11.4. The minimum absolute atomic E-state index is 0.0243. The second kappa shape index (κ2) is 5.33. The van der Waals surface area contributed by atoms with Crippen LogP contribution < -0.4 is 4.74 Å². The molecule has 3 rings (SSSR count). The van der Waals surface area contributed by atoms with Gasteiger partial charge in [-0.3, -0.25) is 4.79 Å². The molecule has 2 nitrogen and oxygen atoms in total. The van der Waals surface area contributed by atoms with E-state index in [1.54, 1.807) is 6.08 Å². The van der Waals surface area contributed by atoms with Crippen molar-refractivity contribution in [3.8, 4) is 5.75 Å². The minimum Gasteiger partial charge on any atom is -0.490 e. The van der Waals surface area contributed by atoms with E-state index in [0.29, 0.717) is 5.56 Å². The molecule has 100 valence electrons. The number of allylic oxidation sites excluding steroid dienone is 1. The first-order valence-electron chi connectivity index (χ1n) is 6.79. The number of rotatable bonds is 3. The van der Waals surface area contributed by atoms with Crippen LogP contribution in [0.5, 0.6) is 5.75 Å². The van der Waals surface area contributed by atoms with Crippen LogP contribution in [-0.2, 0) is 6.42 Å². The highest BCUT2D eigenvalue weighted by molar-refractivity contribution is 6.07. The Labute approximate surface area is 118 Å². The fourth-order valence-electron chi connectivity index (χ4n) is 2.41. The topological polar surface area (TPSA) is 26.3 Å². The average molecular weight is 264 g/mol. The number of carbonyl (C=O) groups excluding carboxylic acids is 1. The number of carbonyl (C=O) groups is 1. The maximum Gasteiger partial charge on any atom is 0.185 e. The predicted octanol–water partition coefficient (Wildman–Crippen LogP) is 3.91. The van der Waals surface area contributed by atoms with Crippen LogP contribution in [0.2, 0.25) is 0 Å². The van der Waals surface area contributed by atoms with Gasteiger partial charge in [-0.2, -0.15) is 0 Å². The molecule has 1 atom stereocenters. The highest BCUT2D eigenvalue weighted by Gasteiger charge is 2.19. The summed E-state index contributed by atoms with van der Waals surface area (Å²) in [4.78, 5) is 12.2. The summed E-state index contributed by atoms with van der Waals surface area (Å²) in [6.45, 7) is 2.04. The van der Waals surface area contributed by atoms with Gasteiger partial charge in [0.2, 0.25) is 0 Å². The molecule has 20 heavy (non-hydrogen) atoms. The lowest BCUT2D eigenvalue weighted by Crippen LogP contribution is -2.05. The summed E-state index contributed by atoms with van der Waals surface area (Å²) in [5.74, 6) is 0.928. The Morgan fingerprint density at radius 1 is 1.20 bits per heavy atom.